The lowest BCUT2D eigenvalue weighted by atomic mass is 10.1. The van der Waals surface area contributed by atoms with E-state index in [1.54, 1.807) is 6.92 Å². The molecule has 0 atom stereocenters. The summed E-state index contributed by atoms with van der Waals surface area (Å²) < 4.78 is 1.52. The first-order chi connectivity index (χ1) is 9.60. The van der Waals surface area contributed by atoms with Crippen molar-refractivity contribution in [2.24, 2.45) is 5.10 Å². The Morgan fingerprint density at radius 3 is 2.40 bits per heavy atom. The molecule has 0 heterocycles. The monoisotopic (exact) mass is 275 g/mol. The fourth-order valence-electron chi connectivity index (χ4n) is 1.81. The minimum absolute atomic E-state index is 0.207. The zero-order valence-corrected chi connectivity index (χ0v) is 12.5. The van der Waals surface area contributed by atoms with Crippen molar-refractivity contribution in [1.82, 2.24) is 0 Å². The minimum Gasteiger partial charge on any atom is -0.473 e. The number of hydrogen-bond donors (Lipinski definition) is 1. The average molecular weight is 275 g/mol. The van der Waals surface area contributed by atoms with E-state index in [0.717, 1.165) is 37.1 Å². The van der Waals surface area contributed by atoms with Crippen molar-refractivity contribution in [3.8, 4) is 0 Å². The van der Waals surface area contributed by atoms with Gasteiger partial charge in [-0.1, -0.05) is 38.5 Å². The number of unbranched alkanes of at least 4 members (excludes halogenated alkanes) is 1. The molecule has 0 saturated heterocycles. The Morgan fingerprint density at radius 1 is 1.25 bits per heavy atom. The molecule has 1 N–H and O–H groups in total. The van der Waals surface area contributed by atoms with Gasteiger partial charge < -0.3 is 5.11 Å². The predicted molar refractivity (Wildman–Crippen MR) is 81.9 cm³/mol. The summed E-state index contributed by atoms with van der Waals surface area (Å²) in [6, 6.07) is 9.39. The Labute approximate surface area is 120 Å². The van der Waals surface area contributed by atoms with Gasteiger partial charge in [-0.15, -0.1) is 0 Å². The van der Waals surface area contributed by atoms with Crippen molar-refractivity contribution in [3.63, 3.8) is 0 Å². The largest absolute Gasteiger partial charge is 0.473 e. The molecule has 0 aliphatic rings. The Balaban J connectivity index is 3.22. The molecule has 0 radical (unpaired) electrons. The number of benzene rings is 1. The van der Waals surface area contributed by atoms with Gasteiger partial charge in [0.25, 0.3) is 5.71 Å². The Kier molecular flexibility index (Phi) is 6.64. The third-order valence-electron chi connectivity index (χ3n) is 3.10. The summed E-state index contributed by atoms with van der Waals surface area (Å²) in [6.45, 7) is 5.76. The summed E-state index contributed by atoms with van der Waals surface area (Å²) >= 11 is 0. The van der Waals surface area contributed by atoms with Crippen LogP contribution in [0.15, 0.2) is 35.4 Å². The molecule has 0 unspecified atom stereocenters. The highest BCUT2D eigenvalue weighted by Crippen LogP contribution is 2.13. The number of aliphatic carboxylic acids is 1. The maximum absolute atomic E-state index is 11.2. The van der Waals surface area contributed by atoms with E-state index in [9.17, 15) is 9.90 Å². The first-order valence-corrected chi connectivity index (χ1v) is 7.08. The summed E-state index contributed by atoms with van der Waals surface area (Å²) in [7, 11) is 0. The van der Waals surface area contributed by atoms with Crippen LogP contribution in [0.1, 0.15) is 46.5 Å². The maximum Gasteiger partial charge on any atom is 0.399 e. The highest BCUT2D eigenvalue weighted by atomic mass is 16.4. The first-order valence-electron chi connectivity index (χ1n) is 7.08. The molecule has 108 valence electrons. The van der Waals surface area contributed by atoms with Gasteiger partial charge in [0, 0.05) is 19.1 Å². The summed E-state index contributed by atoms with van der Waals surface area (Å²) in [6.07, 6.45) is 3.91. The van der Waals surface area contributed by atoms with Gasteiger partial charge in [0.15, 0.2) is 0 Å². The van der Waals surface area contributed by atoms with E-state index in [1.165, 1.54) is 4.68 Å². The van der Waals surface area contributed by atoms with Crippen LogP contribution in [0, 0.1) is 0 Å². The molecule has 0 spiro atoms. The number of carbonyl (C=O) groups is 1. The van der Waals surface area contributed by atoms with E-state index in [4.69, 9.17) is 0 Å². The van der Waals surface area contributed by atoms with Crippen LogP contribution in [0.4, 0.5) is 5.69 Å². The third-order valence-corrected chi connectivity index (χ3v) is 3.10. The van der Waals surface area contributed by atoms with Gasteiger partial charge in [0.05, 0.1) is 5.71 Å². The van der Waals surface area contributed by atoms with Crippen LogP contribution in [0.3, 0.4) is 0 Å². The molecule has 1 aromatic carbocycles. The molecule has 0 aliphatic carbocycles. The molecule has 1 aromatic rings. The van der Waals surface area contributed by atoms with E-state index >= 15 is 0 Å². The minimum atomic E-state index is -0.955. The molecule has 4 heteroatoms. The van der Waals surface area contributed by atoms with Crippen molar-refractivity contribution >= 4 is 23.1 Å². The van der Waals surface area contributed by atoms with Crippen molar-refractivity contribution in [3.05, 3.63) is 30.3 Å². The topological polar surface area (TPSA) is 52.7 Å². The van der Waals surface area contributed by atoms with Gasteiger partial charge in [-0.05, 0) is 29.0 Å². The molecular formula is C16H23N2O2+. The summed E-state index contributed by atoms with van der Waals surface area (Å²) in [4.78, 5) is 11.2. The highest BCUT2D eigenvalue weighted by molar-refractivity contribution is 6.32. The molecule has 0 aromatic heterocycles. The molecular weight excluding hydrogens is 252 g/mol. The fourth-order valence-corrected chi connectivity index (χ4v) is 1.81. The van der Waals surface area contributed by atoms with E-state index in [2.05, 4.69) is 12.0 Å². The summed E-state index contributed by atoms with van der Waals surface area (Å²) in [5.41, 5.74) is 2.00. The van der Waals surface area contributed by atoms with Crippen molar-refractivity contribution in [1.29, 1.82) is 0 Å². The number of carboxylic acid groups (broad SMARTS) is 1. The second-order valence-corrected chi connectivity index (χ2v) is 4.66. The Hall–Kier alpha value is -1.97. The molecule has 0 amide bonds. The van der Waals surface area contributed by atoms with Crippen LogP contribution in [0.25, 0.3) is 0 Å². The summed E-state index contributed by atoms with van der Waals surface area (Å²) in [5.74, 6) is -0.955. The lowest BCUT2D eigenvalue weighted by Gasteiger charge is -2.02. The normalized spacial score (nSPS) is 13.1. The molecule has 0 bridgehead atoms. The molecule has 0 aliphatic heterocycles. The molecule has 4 nitrogen and oxygen atoms in total. The van der Waals surface area contributed by atoms with E-state index in [1.807, 2.05) is 37.3 Å². The van der Waals surface area contributed by atoms with E-state index in [-0.39, 0.29) is 5.71 Å². The summed E-state index contributed by atoms with van der Waals surface area (Å²) in [5, 5.41) is 13.8. The van der Waals surface area contributed by atoms with Crippen LogP contribution in [0.2, 0.25) is 0 Å². The van der Waals surface area contributed by atoms with Gasteiger partial charge in [-0.25, -0.2) is 4.79 Å². The van der Waals surface area contributed by atoms with Crippen LogP contribution in [-0.2, 0) is 4.79 Å². The number of carboxylic acids is 1. The number of hydrogen-bond acceptors (Lipinski definition) is 2. The average Bonchev–Trinajstić information content (AvgIpc) is 2.47. The predicted octanol–water partition coefficient (Wildman–Crippen LogP) is 3.83. The van der Waals surface area contributed by atoms with Gasteiger partial charge in [0.1, 0.15) is 0 Å². The van der Waals surface area contributed by atoms with E-state index in [0.29, 0.717) is 0 Å². The molecule has 20 heavy (non-hydrogen) atoms. The second kappa shape index (κ2) is 8.25. The Morgan fingerprint density at radius 2 is 1.90 bits per heavy atom. The number of rotatable bonds is 7. The SMILES string of the molecule is CCCC/C(CC)=N/[N+](=C(\C)C(=O)O)c1ccccc1. The fraction of sp³-hybridized carbons (Fsp3) is 0.438. The maximum atomic E-state index is 11.2. The smallest absolute Gasteiger partial charge is 0.399 e. The van der Waals surface area contributed by atoms with Gasteiger partial charge in [-0.3, -0.25) is 0 Å². The van der Waals surface area contributed by atoms with Crippen LogP contribution >= 0.6 is 0 Å². The molecule has 0 fully saturated rings. The van der Waals surface area contributed by atoms with Crippen molar-refractivity contribution in [2.45, 2.75) is 46.5 Å². The Bertz CT molecular complexity index is 504. The van der Waals surface area contributed by atoms with Crippen LogP contribution in [0.5, 0.6) is 0 Å². The third kappa shape index (κ3) is 4.61. The zero-order chi connectivity index (χ0) is 15.0. The molecule has 0 saturated carbocycles. The van der Waals surface area contributed by atoms with Crippen molar-refractivity contribution in [2.75, 3.05) is 0 Å². The second-order valence-electron chi connectivity index (χ2n) is 4.66. The quantitative estimate of drug-likeness (QED) is 0.467. The number of nitrogens with zero attached hydrogens (tertiary/aromatic N) is 2. The number of para-hydroxylation sites is 1. The first kappa shape index (κ1) is 16.1. The van der Waals surface area contributed by atoms with E-state index < -0.39 is 5.97 Å². The standard InChI is InChI=1S/C16H22N2O2/c1-4-6-10-14(5-2)17-18(13(3)16(19)20)15-11-8-7-9-12-15/h7-9,11-12H,4-6,10H2,1-3H3/p+1/b17-14+,18-13+. The highest BCUT2D eigenvalue weighted by Gasteiger charge is 2.21. The lowest BCUT2D eigenvalue weighted by Crippen LogP contribution is -2.20. The number of hydrazone groups is 1. The lowest BCUT2D eigenvalue weighted by molar-refractivity contribution is -0.445. The van der Waals surface area contributed by atoms with Gasteiger partial charge in [0.2, 0.25) is 5.69 Å². The van der Waals surface area contributed by atoms with Crippen LogP contribution in [-0.4, -0.2) is 27.2 Å². The zero-order valence-electron chi connectivity index (χ0n) is 12.5. The molecule has 1 rings (SSSR count). The van der Waals surface area contributed by atoms with Crippen molar-refractivity contribution < 1.29 is 14.6 Å². The van der Waals surface area contributed by atoms with Crippen LogP contribution < -0.4 is 0 Å². The van der Waals surface area contributed by atoms with Gasteiger partial charge in [-0.2, -0.15) is 0 Å². The van der Waals surface area contributed by atoms with Gasteiger partial charge >= 0.3 is 5.97 Å².